The normalized spacial score (nSPS) is 46.8. The van der Waals surface area contributed by atoms with Crippen molar-refractivity contribution in [1.29, 1.82) is 0 Å². The van der Waals surface area contributed by atoms with E-state index in [1.165, 1.54) is 13.1 Å². The standard InChI is InChI=1S/C10H28O6Si4/c1-7-9-17(3)13-18(4,10-8-2)15-20(6,12)16-19(5,11)14-17/h11-12H,7-10H2,1-6H3. The molecule has 4 atom stereocenters. The smallest absolute Gasteiger partial charge is 0.416 e. The van der Waals surface area contributed by atoms with Gasteiger partial charge < -0.3 is 26.1 Å². The number of hydrogen-bond donors (Lipinski definition) is 2. The van der Waals surface area contributed by atoms with E-state index >= 15 is 0 Å². The minimum Gasteiger partial charge on any atom is -0.416 e. The van der Waals surface area contributed by atoms with Crippen LogP contribution in [0.1, 0.15) is 26.7 Å². The second-order valence-electron chi connectivity index (χ2n) is 5.97. The molecule has 2 N–H and O–H groups in total. The molecule has 1 fully saturated rings. The molecule has 1 aliphatic rings. The van der Waals surface area contributed by atoms with E-state index in [1.54, 1.807) is 0 Å². The van der Waals surface area contributed by atoms with Crippen molar-refractivity contribution in [2.24, 2.45) is 0 Å². The number of hydrogen-bond acceptors (Lipinski definition) is 6. The van der Waals surface area contributed by atoms with Crippen molar-refractivity contribution >= 4 is 34.7 Å². The first-order valence-corrected chi connectivity index (χ1v) is 16.8. The lowest BCUT2D eigenvalue weighted by molar-refractivity contribution is 0.131. The summed E-state index contributed by atoms with van der Waals surface area (Å²) in [4.78, 5) is 20.7. The van der Waals surface area contributed by atoms with Gasteiger partial charge in [-0.05, 0) is 25.2 Å². The van der Waals surface area contributed by atoms with E-state index in [0.29, 0.717) is 0 Å². The monoisotopic (exact) mass is 356 g/mol. The van der Waals surface area contributed by atoms with Gasteiger partial charge in [0.2, 0.25) is 0 Å². The first-order valence-electron chi connectivity index (χ1n) is 7.20. The van der Waals surface area contributed by atoms with Crippen molar-refractivity contribution in [3.05, 3.63) is 0 Å². The molecule has 0 aliphatic carbocycles. The second-order valence-corrected chi connectivity index (χ2v) is 18.4. The summed E-state index contributed by atoms with van der Waals surface area (Å²) < 4.78 is 23.6. The highest BCUT2D eigenvalue weighted by molar-refractivity contribution is 6.90. The molecule has 6 nitrogen and oxygen atoms in total. The van der Waals surface area contributed by atoms with E-state index in [1.807, 2.05) is 13.1 Å². The van der Waals surface area contributed by atoms with Crippen LogP contribution in [-0.2, 0) is 16.5 Å². The first-order chi connectivity index (χ1) is 8.95. The fraction of sp³-hybridized carbons (Fsp3) is 1.00. The Morgan fingerprint density at radius 1 is 0.650 bits per heavy atom. The molecule has 120 valence electrons. The van der Waals surface area contributed by atoms with Gasteiger partial charge in [0.15, 0.2) is 0 Å². The van der Waals surface area contributed by atoms with Crippen LogP contribution in [0.15, 0.2) is 0 Å². The lowest BCUT2D eigenvalue weighted by Gasteiger charge is -2.46. The molecule has 0 saturated carbocycles. The van der Waals surface area contributed by atoms with Crippen LogP contribution < -0.4 is 0 Å². The molecular weight excluding hydrogens is 328 g/mol. The van der Waals surface area contributed by atoms with Crippen molar-refractivity contribution in [1.82, 2.24) is 0 Å². The lowest BCUT2D eigenvalue weighted by Crippen LogP contribution is -2.67. The fourth-order valence-electron chi connectivity index (χ4n) is 2.80. The summed E-state index contributed by atoms with van der Waals surface area (Å²) in [5.41, 5.74) is 0. The van der Waals surface area contributed by atoms with Gasteiger partial charge >= 0.3 is 34.7 Å². The third kappa shape index (κ3) is 5.44. The summed E-state index contributed by atoms with van der Waals surface area (Å²) in [5.74, 6) is 0. The largest absolute Gasteiger partial charge is 0.478 e. The zero-order chi connectivity index (χ0) is 15.7. The Kier molecular flexibility index (Phi) is 5.97. The van der Waals surface area contributed by atoms with Crippen molar-refractivity contribution in [2.75, 3.05) is 0 Å². The van der Waals surface area contributed by atoms with Gasteiger partial charge in [-0.25, -0.2) is 0 Å². The Balaban J connectivity index is 3.08. The topological polar surface area (TPSA) is 77.4 Å². The van der Waals surface area contributed by atoms with Gasteiger partial charge in [-0.3, -0.25) is 0 Å². The zero-order valence-corrected chi connectivity index (χ0v) is 17.4. The van der Waals surface area contributed by atoms with E-state index in [9.17, 15) is 9.59 Å². The van der Waals surface area contributed by atoms with E-state index in [-0.39, 0.29) is 0 Å². The van der Waals surface area contributed by atoms with Gasteiger partial charge in [0.25, 0.3) is 0 Å². The molecule has 1 aliphatic heterocycles. The number of rotatable bonds is 4. The molecule has 0 amide bonds. The van der Waals surface area contributed by atoms with Crippen LogP contribution in [-0.4, -0.2) is 44.3 Å². The molecule has 10 heteroatoms. The van der Waals surface area contributed by atoms with Crippen LogP contribution in [0.5, 0.6) is 0 Å². The zero-order valence-electron chi connectivity index (χ0n) is 13.4. The van der Waals surface area contributed by atoms with Crippen LogP contribution in [0.4, 0.5) is 0 Å². The summed E-state index contributed by atoms with van der Waals surface area (Å²) in [5, 5.41) is 0. The van der Waals surface area contributed by atoms with Crippen molar-refractivity contribution in [2.45, 2.75) is 65.0 Å². The van der Waals surface area contributed by atoms with Crippen LogP contribution >= 0.6 is 0 Å². The molecular formula is C10H28O6Si4. The van der Waals surface area contributed by atoms with E-state index in [2.05, 4.69) is 13.8 Å². The van der Waals surface area contributed by atoms with E-state index in [4.69, 9.17) is 16.5 Å². The third-order valence-corrected chi connectivity index (χ3v) is 18.8. The van der Waals surface area contributed by atoms with Gasteiger partial charge in [0.1, 0.15) is 0 Å². The highest BCUT2D eigenvalue weighted by atomic mass is 28.5. The summed E-state index contributed by atoms with van der Waals surface area (Å²) in [6, 6.07) is 1.55. The maximum absolute atomic E-state index is 10.3. The molecule has 1 rings (SSSR count). The first kappa shape index (κ1) is 18.7. The minimum atomic E-state index is -3.42. The molecule has 0 aromatic carbocycles. The van der Waals surface area contributed by atoms with Gasteiger partial charge in [-0.2, -0.15) is 0 Å². The van der Waals surface area contributed by atoms with Gasteiger partial charge in [-0.15, -0.1) is 0 Å². The Morgan fingerprint density at radius 2 is 1.00 bits per heavy atom. The average Bonchev–Trinajstić information content (AvgIpc) is 2.09. The predicted molar refractivity (Wildman–Crippen MR) is 85.4 cm³/mol. The summed E-state index contributed by atoms with van der Waals surface area (Å²) in [7, 11) is -12.0. The van der Waals surface area contributed by atoms with E-state index in [0.717, 1.165) is 24.9 Å². The molecule has 20 heavy (non-hydrogen) atoms. The van der Waals surface area contributed by atoms with Crippen LogP contribution in [0.3, 0.4) is 0 Å². The Morgan fingerprint density at radius 3 is 1.30 bits per heavy atom. The highest BCUT2D eigenvalue weighted by Gasteiger charge is 2.56. The Hall–Kier alpha value is 0.628. The molecule has 0 bridgehead atoms. The van der Waals surface area contributed by atoms with Gasteiger partial charge in [0.05, 0.1) is 0 Å². The summed E-state index contributed by atoms with van der Waals surface area (Å²) in [6.07, 6.45) is 1.83. The Labute approximate surface area is 126 Å². The molecule has 1 heterocycles. The van der Waals surface area contributed by atoms with E-state index < -0.39 is 34.7 Å². The Bertz CT molecular complexity index is 312. The average molecular weight is 357 g/mol. The van der Waals surface area contributed by atoms with Crippen LogP contribution in [0.2, 0.25) is 38.3 Å². The fourth-order valence-corrected chi connectivity index (χ4v) is 21.3. The third-order valence-electron chi connectivity index (χ3n) is 3.03. The molecule has 0 spiro atoms. The summed E-state index contributed by atoms with van der Waals surface area (Å²) in [6.45, 7) is 11.1. The maximum Gasteiger partial charge on any atom is 0.478 e. The predicted octanol–water partition coefficient (Wildman–Crippen LogP) is 2.15. The second kappa shape index (κ2) is 6.40. The SMILES string of the molecule is CCC[Si]1(C)O[Si](C)(O)O[Si](C)(O)O[Si](C)(CCC)O1. The highest BCUT2D eigenvalue weighted by Crippen LogP contribution is 2.33. The quantitative estimate of drug-likeness (QED) is 0.752. The van der Waals surface area contributed by atoms with Crippen molar-refractivity contribution in [3.8, 4) is 0 Å². The summed E-state index contributed by atoms with van der Waals surface area (Å²) >= 11 is 0. The van der Waals surface area contributed by atoms with Crippen molar-refractivity contribution in [3.63, 3.8) is 0 Å². The molecule has 0 radical (unpaired) electrons. The van der Waals surface area contributed by atoms with Crippen molar-refractivity contribution < 1.29 is 26.1 Å². The lowest BCUT2D eigenvalue weighted by atomic mass is 10.6. The maximum atomic E-state index is 10.3. The molecule has 4 unspecified atom stereocenters. The molecule has 0 aromatic heterocycles. The van der Waals surface area contributed by atoms with Gasteiger partial charge in [-0.1, -0.05) is 26.7 Å². The van der Waals surface area contributed by atoms with Crippen LogP contribution in [0.25, 0.3) is 0 Å². The minimum absolute atomic E-state index is 0.777. The van der Waals surface area contributed by atoms with Gasteiger partial charge in [0, 0.05) is 13.1 Å². The van der Waals surface area contributed by atoms with Crippen LogP contribution in [0, 0.1) is 0 Å². The molecule has 0 aromatic rings. The molecule has 1 saturated heterocycles.